The molecule has 0 heterocycles. The van der Waals surface area contributed by atoms with Gasteiger partial charge in [0, 0.05) is 17.8 Å². The van der Waals surface area contributed by atoms with Crippen LogP contribution in [0.1, 0.15) is 23.7 Å². The second kappa shape index (κ2) is 11.6. The summed E-state index contributed by atoms with van der Waals surface area (Å²) in [5, 5.41) is 2.89. The van der Waals surface area contributed by atoms with E-state index >= 15 is 0 Å². The third-order valence-electron chi connectivity index (χ3n) is 4.08. The minimum absolute atomic E-state index is 0.0306. The lowest BCUT2D eigenvalue weighted by molar-refractivity contribution is -0.147. The molecule has 1 amide bonds. The molecule has 0 saturated heterocycles. The number of sulfonamides is 1. The van der Waals surface area contributed by atoms with Gasteiger partial charge in [-0.25, -0.2) is 13.2 Å². The van der Waals surface area contributed by atoms with Crippen molar-refractivity contribution in [3.05, 3.63) is 59.1 Å². The summed E-state index contributed by atoms with van der Waals surface area (Å²) in [5.41, 5.74) is 0.730. The number of benzene rings is 2. The number of carbonyl (C=O) groups excluding carboxylic acids is 3. The van der Waals surface area contributed by atoms with Gasteiger partial charge in [-0.2, -0.15) is 4.31 Å². The molecule has 2 rings (SSSR count). The Morgan fingerprint density at radius 1 is 1.00 bits per heavy atom. The maximum atomic E-state index is 12.5. The first kappa shape index (κ1) is 25.3. The molecule has 0 fully saturated rings. The zero-order valence-electron chi connectivity index (χ0n) is 17.5. The average molecular weight is 483 g/mol. The van der Waals surface area contributed by atoms with Crippen molar-refractivity contribution in [1.82, 2.24) is 4.31 Å². The van der Waals surface area contributed by atoms with Gasteiger partial charge in [0.25, 0.3) is 5.91 Å². The first-order chi connectivity index (χ1) is 15.1. The van der Waals surface area contributed by atoms with Gasteiger partial charge in [0.1, 0.15) is 6.54 Å². The van der Waals surface area contributed by atoms with E-state index in [1.165, 1.54) is 55.6 Å². The molecule has 2 aromatic carbocycles. The maximum Gasteiger partial charge on any atom is 0.338 e. The Hall–Kier alpha value is -2.95. The van der Waals surface area contributed by atoms with Crippen molar-refractivity contribution in [3.8, 4) is 0 Å². The highest BCUT2D eigenvalue weighted by Gasteiger charge is 2.24. The van der Waals surface area contributed by atoms with Crippen LogP contribution in [0.5, 0.6) is 0 Å². The number of carbonyl (C=O) groups is 3. The van der Waals surface area contributed by atoms with Crippen LogP contribution in [-0.4, -0.2) is 57.4 Å². The largest absolute Gasteiger partial charge is 0.462 e. The molecule has 11 heteroatoms. The molecular weight excluding hydrogens is 460 g/mol. The van der Waals surface area contributed by atoms with Crippen molar-refractivity contribution >= 4 is 45.2 Å². The molecule has 0 unspecified atom stereocenters. The number of nitrogens with one attached hydrogen (secondary N) is 1. The van der Waals surface area contributed by atoms with E-state index in [9.17, 15) is 22.8 Å². The lowest BCUT2D eigenvalue weighted by Gasteiger charge is -2.16. The second-order valence-electron chi connectivity index (χ2n) is 6.64. The Morgan fingerprint density at radius 3 is 2.22 bits per heavy atom. The number of anilines is 1. The van der Waals surface area contributed by atoms with Crippen LogP contribution in [0.2, 0.25) is 5.02 Å². The van der Waals surface area contributed by atoms with E-state index in [-0.39, 0.29) is 4.90 Å². The first-order valence-corrected chi connectivity index (χ1v) is 11.4. The van der Waals surface area contributed by atoms with Crippen LogP contribution in [0.25, 0.3) is 0 Å². The molecule has 0 aliphatic rings. The summed E-state index contributed by atoms with van der Waals surface area (Å²) in [5.74, 6) is -1.98. The Morgan fingerprint density at radius 2 is 1.62 bits per heavy atom. The number of rotatable bonds is 10. The van der Waals surface area contributed by atoms with E-state index in [2.05, 4.69) is 5.32 Å². The fourth-order valence-corrected chi connectivity index (χ4v) is 3.65. The number of esters is 2. The van der Waals surface area contributed by atoms with Crippen LogP contribution in [-0.2, 0) is 29.1 Å². The third-order valence-corrected chi connectivity index (χ3v) is 6.15. The van der Waals surface area contributed by atoms with Gasteiger partial charge in [-0.3, -0.25) is 9.59 Å². The van der Waals surface area contributed by atoms with Crippen molar-refractivity contribution in [1.29, 1.82) is 0 Å². The van der Waals surface area contributed by atoms with E-state index < -0.39 is 41.0 Å². The zero-order valence-corrected chi connectivity index (χ0v) is 19.1. The summed E-state index contributed by atoms with van der Waals surface area (Å²) in [7, 11) is -2.70. The Labute approximate surface area is 191 Å². The maximum absolute atomic E-state index is 12.5. The standard InChI is InChI=1S/C21H23ClN2O7S/c1-3-12-30-21(27)15-4-8-17(9-5-15)23-19(25)14-31-20(26)13-24(2)32(28,29)18-10-6-16(22)7-11-18/h4-11H,3,12-14H2,1-2H3,(H,23,25). The zero-order chi connectivity index (χ0) is 23.7. The molecule has 32 heavy (non-hydrogen) atoms. The van der Waals surface area contributed by atoms with Gasteiger partial charge < -0.3 is 14.8 Å². The van der Waals surface area contributed by atoms with Crippen LogP contribution in [0.3, 0.4) is 0 Å². The van der Waals surface area contributed by atoms with Crippen LogP contribution in [0.15, 0.2) is 53.4 Å². The fourth-order valence-electron chi connectivity index (χ4n) is 2.41. The Bertz CT molecular complexity index is 1050. The minimum atomic E-state index is -3.92. The second-order valence-corrected chi connectivity index (χ2v) is 9.12. The topological polar surface area (TPSA) is 119 Å². The predicted octanol–water partition coefficient (Wildman–Crippen LogP) is 2.71. The smallest absolute Gasteiger partial charge is 0.338 e. The quantitative estimate of drug-likeness (QED) is 0.517. The molecule has 172 valence electrons. The average Bonchev–Trinajstić information content (AvgIpc) is 2.76. The van der Waals surface area contributed by atoms with Crippen LogP contribution >= 0.6 is 11.6 Å². The SMILES string of the molecule is CCCOC(=O)c1ccc(NC(=O)COC(=O)CN(C)S(=O)(=O)c2ccc(Cl)cc2)cc1. The van der Waals surface area contributed by atoms with Crippen molar-refractivity contribution in [3.63, 3.8) is 0 Å². The van der Waals surface area contributed by atoms with E-state index in [0.29, 0.717) is 29.3 Å². The van der Waals surface area contributed by atoms with Crippen LogP contribution in [0.4, 0.5) is 5.69 Å². The van der Waals surface area contributed by atoms with Crippen molar-refractivity contribution in [2.75, 3.05) is 32.1 Å². The first-order valence-electron chi connectivity index (χ1n) is 9.58. The van der Waals surface area contributed by atoms with Crippen LogP contribution < -0.4 is 5.32 Å². The lowest BCUT2D eigenvalue weighted by Crippen LogP contribution is -2.34. The lowest BCUT2D eigenvalue weighted by atomic mass is 10.2. The van der Waals surface area contributed by atoms with Gasteiger partial charge in [-0.15, -0.1) is 0 Å². The highest BCUT2D eigenvalue weighted by Crippen LogP contribution is 2.17. The molecule has 0 bridgehead atoms. The minimum Gasteiger partial charge on any atom is -0.462 e. The molecule has 0 aliphatic carbocycles. The third kappa shape index (κ3) is 7.33. The van der Waals surface area contributed by atoms with Gasteiger partial charge in [0.05, 0.1) is 17.1 Å². The summed E-state index contributed by atoms with van der Waals surface area (Å²) >= 11 is 5.75. The van der Waals surface area contributed by atoms with E-state index in [0.717, 1.165) is 4.31 Å². The van der Waals surface area contributed by atoms with Crippen molar-refractivity contribution < 1.29 is 32.3 Å². The van der Waals surface area contributed by atoms with E-state index in [1.54, 1.807) is 0 Å². The molecule has 2 aromatic rings. The molecule has 0 spiro atoms. The van der Waals surface area contributed by atoms with Gasteiger partial charge in [-0.1, -0.05) is 18.5 Å². The summed E-state index contributed by atoms with van der Waals surface area (Å²) in [6.45, 7) is 1.02. The molecule has 0 aromatic heterocycles. The van der Waals surface area contributed by atoms with Gasteiger partial charge in [0.15, 0.2) is 6.61 Å². The fraction of sp³-hybridized carbons (Fsp3) is 0.286. The molecule has 0 radical (unpaired) electrons. The summed E-state index contributed by atoms with van der Waals surface area (Å²) in [4.78, 5) is 35.7. The number of likely N-dealkylation sites (N-methyl/N-ethyl adjacent to an activating group) is 1. The Kier molecular flexibility index (Phi) is 9.18. The van der Waals surface area contributed by atoms with Gasteiger partial charge in [-0.05, 0) is 55.0 Å². The van der Waals surface area contributed by atoms with Gasteiger partial charge >= 0.3 is 11.9 Å². The predicted molar refractivity (Wildman–Crippen MR) is 118 cm³/mol. The monoisotopic (exact) mass is 482 g/mol. The highest BCUT2D eigenvalue weighted by molar-refractivity contribution is 7.89. The van der Waals surface area contributed by atoms with E-state index in [1.807, 2.05) is 6.92 Å². The number of halogens is 1. The molecule has 0 atom stereocenters. The highest BCUT2D eigenvalue weighted by atomic mass is 35.5. The summed E-state index contributed by atoms with van der Waals surface area (Å²) < 4.78 is 35.6. The van der Waals surface area contributed by atoms with Gasteiger partial charge in [0.2, 0.25) is 10.0 Å². The Balaban J connectivity index is 1.83. The molecule has 0 saturated carbocycles. The number of hydrogen-bond acceptors (Lipinski definition) is 7. The number of ether oxygens (including phenoxy) is 2. The van der Waals surface area contributed by atoms with Crippen molar-refractivity contribution in [2.45, 2.75) is 18.2 Å². The van der Waals surface area contributed by atoms with Crippen molar-refractivity contribution in [2.24, 2.45) is 0 Å². The number of amides is 1. The van der Waals surface area contributed by atoms with E-state index in [4.69, 9.17) is 21.1 Å². The molecular formula is C21H23ClN2O7S. The molecule has 1 N–H and O–H groups in total. The summed E-state index contributed by atoms with van der Waals surface area (Å²) in [6, 6.07) is 11.5. The molecule has 9 nitrogen and oxygen atoms in total. The normalized spacial score (nSPS) is 11.1. The number of hydrogen-bond donors (Lipinski definition) is 1. The number of nitrogens with zero attached hydrogens (tertiary/aromatic N) is 1. The summed E-state index contributed by atoms with van der Waals surface area (Å²) in [6.07, 6.45) is 0.710. The molecule has 0 aliphatic heterocycles. The van der Waals surface area contributed by atoms with Crippen LogP contribution in [0, 0.1) is 0 Å².